The summed E-state index contributed by atoms with van der Waals surface area (Å²) >= 11 is 0. The van der Waals surface area contributed by atoms with Gasteiger partial charge in [-0.1, -0.05) is 30.3 Å². The van der Waals surface area contributed by atoms with Crippen molar-refractivity contribution in [3.63, 3.8) is 0 Å². The number of hydrogen-bond donors (Lipinski definition) is 1. The van der Waals surface area contributed by atoms with Gasteiger partial charge in [0.05, 0.1) is 6.54 Å². The average molecular weight is 229 g/mol. The smallest absolute Gasteiger partial charge is 0.325 e. The second kappa shape index (κ2) is 5.55. The van der Waals surface area contributed by atoms with Crippen molar-refractivity contribution < 1.29 is 18.7 Å². The lowest BCUT2D eigenvalue weighted by molar-refractivity contribution is -0.143. The minimum absolute atomic E-state index is 0.498. The summed E-state index contributed by atoms with van der Waals surface area (Å²) in [5.74, 6) is -1.13. The van der Waals surface area contributed by atoms with Crippen LogP contribution >= 0.6 is 0 Å². The third-order valence-corrected chi connectivity index (χ3v) is 2.22. The van der Waals surface area contributed by atoms with Gasteiger partial charge in [-0.15, -0.1) is 0 Å². The number of carboxylic acids is 1. The molecular weight excluding hydrogens is 216 g/mol. The van der Waals surface area contributed by atoms with Gasteiger partial charge in [-0.05, 0) is 12.6 Å². The molecule has 0 bridgehead atoms. The fraction of sp³-hybridized carbons (Fsp3) is 0.364. The number of hydrogen-bond acceptors (Lipinski definition) is 2. The van der Waals surface area contributed by atoms with E-state index >= 15 is 0 Å². The van der Waals surface area contributed by atoms with E-state index in [1.807, 2.05) is 0 Å². The predicted octanol–water partition coefficient (Wildman–Crippen LogP) is 2.01. The fourth-order valence-corrected chi connectivity index (χ4v) is 1.54. The molecule has 16 heavy (non-hydrogen) atoms. The van der Waals surface area contributed by atoms with Crippen molar-refractivity contribution in [2.24, 2.45) is 0 Å². The van der Waals surface area contributed by atoms with Gasteiger partial charge in [0.25, 0.3) is 6.43 Å². The standard InChI is InChI=1S/C11H13F2NO2/c1-14(7-9(12)13)10(11(15)16)8-5-3-2-4-6-8/h2-6,9-10H,7H2,1H3,(H,15,16). The Kier molecular flexibility index (Phi) is 4.37. The summed E-state index contributed by atoms with van der Waals surface area (Å²) < 4.78 is 24.4. The van der Waals surface area contributed by atoms with E-state index in [1.54, 1.807) is 30.3 Å². The highest BCUT2D eigenvalue weighted by atomic mass is 19.3. The molecule has 1 aromatic rings. The molecular formula is C11H13F2NO2. The van der Waals surface area contributed by atoms with Crippen molar-refractivity contribution >= 4 is 5.97 Å². The number of alkyl halides is 2. The molecule has 88 valence electrons. The Morgan fingerprint density at radius 1 is 1.38 bits per heavy atom. The van der Waals surface area contributed by atoms with E-state index < -0.39 is 25.0 Å². The molecule has 5 heteroatoms. The van der Waals surface area contributed by atoms with Crippen molar-refractivity contribution in [3.05, 3.63) is 35.9 Å². The highest BCUT2D eigenvalue weighted by molar-refractivity contribution is 5.75. The van der Waals surface area contributed by atoms with E-state index in [0.717, 1.165) is 4.90 Å². The van der Waals surface area contributed by atoms with Crippen LogP contribution in [-0.4, -0.2) is 36.0 Å². The maximum Gasteiger partial charge on any atom is 0.325 e. The van der Waals surface area contributed by atoms with Crippen molar-refractivity contribution in [2.45, 2.75) is 12.5 Å². The molecule has 0 fully saturated rings. The van der Waals surface area contributed by atoms with Crippen LogP contribution in [0.5, 0.6) is 0 Å². The topological polar surface area (TPSA) is 40.5 Å². The minimum Gasteiger partial charge on any atom is -0.480 e. The summed E-state index contributed by atoms with van der Waals surface area (Å²) in [7, 11) is 1.37. The van der Waals surface area contributed by atoms with Gasteiger partial charge in [0.15, 0.2) is 0 Å². The number of rotatable bonds is 5. The first-order valence-electron chi connectivity index (χ1n) is 4.78. The molecule has 0 aliphatic rings. The van der Waals surface area contributed by atoms with Crippen LogP contribution in [0.1, 0.15) is 11.6 Å². The molecule has 0 radical (unpaired) electrons. The SMILES string of the molecule is CN(CC(F)F)C(C(=O)O)c1ccccc1. The third-order valence-electron chi connectivity index (χ3n) is 2.22. The van der Waals surface area contributed by atoms with E-state index in [9.17, 15) is 13.6 Å². The lowest BCUT2D eigenvalue weighted by atomic mass is 10.1. The molecule has 1 atom stereocenters. The predicted molar refractivity (Wildman–Crippen MR) is 55.5 cm³/mol. The Bertz CT molecular complexity index is 343. The maximum atomic E-state index is 12.2. The summed E-state index contributed by atoms with van der Waals surface area (Å²) in [4.78, 5) is 12.2. The lowest BCUT2D eigenvalue weighted by Crippen LogP contribution is -2.34. The van der Waals surface area contributed by atoms with Crippen LogP contribution in [0.25, 0.3) is 0 Å². The van der Waals surface area contributed by atoms with Crippen molar-refractivity contribution in [1.29, 1.82) is 0 Å². The van der Waals surface area contributed by atoms with Crippen molar-refractivity contribution in [1.82, 2.24) is 4.90 Å². The van der Waals surface area contributed by atoms with Gasteiger partial charge < -0.3 is 5.11 Å². The second-order valence-corrected chi connectivity index (χ2v) is 3.48. The zero-order chi connectivity index (χ0) is 12.1. The van der Waals surface area contributed by atoms with Gasteiger partial charge in [-0.25, -0.2) is 8.78 Å². The summed E-state index contributed by atoms with van der Waals surface area (Å²) in [6.45, 7) is -0.564. The van der Waals surface area contributed by atoms with E-state index in [1.165, 1.54) is 7.05 Å². The molecule has 0 saturated heterocycles. The Morgan fingerprint density at radius 2 is 1.94 bits per heavy atom. The average Bonchev–Trinajstić information content (AvgIpc) is 2.17. The Balaban J connectivity index is 2.88. The molecule has 3 nitrogen and oxygen atoms in total. The first kappa shape index (κ1) is 12.6. The monoisotopic (exact) mass is 229 g/mol. The van der Waals surface area contributed by atoms with Gasteiger partial charge in [0.2, 0.25) is 0 Å². The van der Waals surface area contributed by atoms with Crippen LogP contribution in [0, 0.1) is 0 Å². The normalized spacial score (nSPS) is 13.1. The molecule has 0 amide bonds. The van der Waals surface area contributed by atoms with Gasteiger partial charge >= 0.3 is 5.97 Å². The fourth-order valence-electron chi connectivity index (χ4n) is 1.54. The number of carbonyl (C=O) groups is 1. The third kappa shape index (κ3) is 3.27. The molecule has 0 aliphatic heterocycles. The number of halogens is 2. The largest absolute Gasteiger partial charge is 0.480 e. The molecule has 1 rings (SSSR count). The maximum absolute atomic E-state index is 12.2. The molecule has 0 heterocycles. The Morgan fingerprint density at radius 3 is 2.38 bits per heavy atom. The number of nitrogens with zero attached hydrogens (tertiary/aromatic N) is 1. The van der Waals surface area contributed by atoms with Gasteiger partial charge in [0, 0.05) is 0 Å². The van der Waals surface area contributed by atoms with Crippen molar-refractivity contribution in [2.75, 3.05) is 13.6 Å². The molecule has 0 saturated carbocycles. The van der Waals surface area contributed by atoms with E-state index in [4.69, 9.17) is 5.11 Å². The summed E-state index contributed by atoms with van der Waals surface area (Å²) in [5, 5.41) is 9.02. The summed E-state index contributed by atoms with van der Waals surface area (Å²) in [5.41, 5.74) is 0.498. The Hall–Kier alpha value is -1.49. The van der Waals surface area contributed by atoms with Gasteiger partial charge in [-0.3, -0.25) is 9.69 Å². The van der Waals surface area contributed by atoms with E-state index in [-0.39, 0.29) is 0 Å². The minimum atomic E-state index is -2.55. The summed E-state index contributed by atoms with van der Waals surface area (Å²) in [6.07, 6.45) is -2.55. The highest BCUT2D eigenvalue weighted by Crippen LogP contribution is 2.20. The van der Waals surface area contributed by atoms with Crippen LogP contribution in [0.15, 0.2) is 30.3 Å². The zero-order valence-electron chi connectivity index (χ0n) is 8.81. The first-order valence-corrected chi connectivity index (χ1v) is 4.78. The molecule has 0 aliphatic carbocycles. The van der Waals surface area contributed by atoms with Crippen LogP contribution in [-0.2, 0) is 4.79 Å². The van der Waals surface area contributed by atoms with Crippen LogP contribution in [0.3, 0.4) is 0 Å². The number of likely N-dealkylation sites (N-methyl/N-ethyl adjacent to an activating group) is 1. The van der Waals surface area contributed by atoms with Crippen LogP contribution < -0.4 is 0 Å². The number of benzene rings is 1. The highest BCUT2D eigenvalue weighted by Gasteiger charge is 2.26. The van der Waals surface area contributed by atoms with Crippen molar-refractivity contribution in [3.8, 4) is 0 Å². The summed E-state index contributed by atoms with van der Waals surface area (Å²) in [6, 6.07) is 7.30. The lowest BCUT2D eigenvalue weighted by Gasteiger charge is -2.24. The molecule has 1 aromatic carbocycles. The first-order chi connectivity index (χ1) is 7.52. The molecule has 0 spiro atoms. The van der Waals surface area contributed by atoms with Crippen LogP contribution in [0.4, 0.5) is 8.78 Å². The molecule has 0 aromatic heterocycles. The number of aliphatic carboxylic acids is 1. The number of carboxylic acid groups (broad SMARTS) is 1. The Labute approximate surface area is 92.3 Å². The molecule has 1 N–H and O–H groups in total. The molecule has 1 unspecified atom stereocenters. The van der Waals surface area contributed by atoms with E-state index in [2.05, 4.69) is 0 Å². The van der Waals surface area contributed by atoms with Gasteiger partial charge in [0.1, 0.15) is 6.04 Å². The second-order valence-electron chi connectivity index (χ2n) is 3.48. The zero-order valence-corrected chi connectivity index (χ0v) is 8.81. The van der Waals surface area contributed by atoms with Crippen LogP contribution in [0.2, 0.25) is 0 Å². The van der Waals surface area contributed by atoms with Gasteiger partial charge in [-0.2, -0.15) is 0 Å². The van der Waals surface area contributed by atoms with E-state index in [0.29, 0.717) is 5.56 Å². The quantitative estimate of drug-likeness (QED) is 0.839.